The van der Waals surface area contributed by atoms with Gasteiger partial charge in [-0.3, -0.25) is 4.79 Å². The Labute approximate surface area is 106 Å². The molecular weight excluding hydrogens is 233 g/mol. The van der Waals surface area contributed by atoms with E-state index in [1.807, 2.05) is 0 Å². The molecule has 2 atom stereocenters. The zero-order valence-corrected chi connectivity index (χ0v) is 10.5. The first kappa shape index (κ1) is 13.0. The second-order valence-electron chi connectivity index (χ2n) is 4.81. The Morgan fingerprint density at radius 1 is 1.50 bits per heavy atom. The third-order valence-electron chi connectivity index (χ3n) is 3.53. The summed E-state index contributed by atoms with van der Waals surface area (Å²) in [7, 11) is 0. The molecule has 1 aromatic rings. The van der Waals surface area contributed by atoms with E-state index < -0.39 is 11.9 Å². The molecule has 0 bridgehead atoms. The predicted molar refractivity (Wildman–Crippen MR) is 66.3 cm³/mol. The van der Waals surface area contributed by atoms with Crippen molar-refractivity contribution in [1.29, 1.82) is 0 Å². The number of aliphatic hydroxyl groups excluding tert-OH is 1. The molecule has 98 valence electrons. The van der Waals surface area contributed by atoms with Crippen LogP contribution >= 0.6 is 0 Å². The Morgan fingerprint density at radius 3 is 2.83 bits per heavy atom. The van der Waals surface area contributed by atoms with E-state index in [1.54, 1.807) is 23.1 Å². The number of nitrogens with zero attached hydrogens (tertiary/aromatic N) is 1. The van der Waals surface area contributed by atoms with Gasteiger partial charge in [0.05, 0.1) is 12.6 Å². The van der Waals surface area contributed by atoms with Gasteiger partial charge in [0.15, 0.2) is 0 Å². The molecule has 1 aromatic carbocycles. The molecule has 0 aliphatic carbocycles. The SMILES string of the molecule is CCC1CC(=O)N(CC(O)c2ccccc2F)C1. The van der Waals surface area contributed by atoms with E-state index in [9.17, 15) is 14.3 Å². The van der Waals surface area contributed by atoms with Crippen LogP contribution in [0.1, 0.15) is 31.4 Å². The number of rotatable bonds is 4. The van der Waals surface area contributed by atoms with Gasteiger partial charge in [-0.25, -0.2) is 4.39 Å². The lowest BCUT2D eigenvalue weighted by atomic mass is 10.1. The standard InChI is InChI=1S/C14H18FNO2/c1-2-10-7-14(18)16(8-10)9-13(17)11-5-3-4-6-12(11)15/h3-6,10,13,17H,2,7-9H2,1H3. The summed E-state index contributed by atoms with van der Waals surface area (Å²) >= 11 is 0. The van der Waals surface area contributed by atoms with Crippen molar-refractivity contribution in [2.45, 2.75) is 25.9 Å². The van der Waals surface area contributed by atoms with Gasteiger partial charge in [0.2, 0.25) is 5.91 Å². The van der Waals surface area contributed by atoms with Gasteiger partial charge in [-0.05, 0) is 12.0 Å². The second kappa shape index (κ2) is 5.48. The van der Waals surface area contributed by atoms with Crippen LogP contribution in [0.5, 0.6) is 0 Å². The highest BCUT2D eigenvalue weighted by Gasteiger charge is 2.30. The first-order valence-corrected chi connectivity index (χ1v) is 6.32. The Hall–Kier alpha value is -1.42. The van der Waals surface area contributed by atoms with Crippen LogP contribution in [0, 0.1) is 11.7 Å². The highest BCUT2D eigenvalue weighted by Crippen LogP contribution is 2.24. The topological polar surface area (TPSA) is 40.5 Å². The van der Waals surface area contributed by atoms with Crippen molar-refractivity contribution in [3.8, 4) is 0 Å². The van der Waals surface area contributed by atoms with Crippen molar-refractivity contribution < 1.29 is 14.3 Å². The first-order chi connectivity index (χ1) is 8.61. The minimum absolute atomic E-state index is 0.0530. The van der Waals surface area contributed by atoms with Crippen LogP contribution in [0.2, 0.25) is 0 Å². The highest BCUT2D eigenvalue weighted by atomic mass is 19.1. The summed E-state index contributed by atoms with van der Waals surface area (Å²) in [5.41, 5.74) is 0.255. The van der Waals surface area contributed by atoms with E-state index in [4.69, 9.17) is 0 Å². The van der Waals surface area contributed by atoms with Crippen molar-refractivity contribution in [3.63, 3.8) is 0 Å². The van der Waals surface area contributed by atoms with E-state index in [2.05, 4.69) is 6.92 Å². The van der Waals surface area contributed by atoms with Crippen LogP contribution < -0.4 is 0 Å². The van der Waals surface area contributed by atoms with Crippen molar-refractivity contribution in [1.82, 2.24) is 4.90 Å². The molecule has 2 rings (SSSR count). The second-order valence-corrected chi connectivity index (χ2v) is 4.81. The maximum absolute atomic E-state index is 13.5. The molecule has 0 aromatic heterocycles. The van der Waals surface area contributed by atoms with Crippen LogP contribution in [0.15, 0.2) is 24.3 Å². The number of carbonyl (C=O) groups excluding carboxylic acids is 1. The summed E-state index contributed by atoms with van der Waals surface area (Å²) in [6, 6.07) is 6.14. The average molecular weight is 251 g/mol. The molecule has 2 unspecified atom stereocenters. The molecule has 1 aliphatic heterocycles. The zero-order chi connectivity index (χ0) is 13.1. The van der Waals surface area contributed by atoms with E-state index in [0.717, 1.165) is 6.42 Å². The van der Waals surface area contributed by atoms with E-state index in [-0.39, 0.29) is 18.0 Å². The molecule has 4 heteroatoms. The third-order valence-corrected chi connectivity index (χ3v) is 3.53. The highest BCUT2D eigenvalue weighted by molar-refractivity contribution is 5.78. The lowest BCUT2D eigenvalue weighted by Crippen LogP contribution is -2.30. The normalized spacial score (nSPS) is 21.4. The van der Waals surface area contributed by atoms with Gasteiger partial charge in [-0.2, -0.15) is 0 Å². The van der Waals surface area contributed by atoms with Crippen molar-refractivity contribution in [2.75, 3.05) is 13.1 Å². The Kier molecular flexibility index (Phi) is 3.97. The summed E-state index contributed by atoms with van der Waals surface area (Å²) in [5.74, 6) is -0.00810. The summed E-state index contributed by atoms with van der Waals surface area (Å²) in [6.45, 7) is 2.89. The number of benzene rings is 1. The Balaban J connectivity index is 2.02. The van der Waals surface area contributed by atoms with Gasteiger partial charge in [0.1, 0.15) is 5.82 Å². The fraction of sp³-hybridized carbons (Fsp3) is 0.500. The Bertz CT molecular complexity index is 436. The van der Waals surface area contributed by atoms with Crippen LogP contribution in [-0.4, -0.2) is 29.0 Å². The number of β-amino-alcohol motifs (C(OH)–C–C–N with tert-alkyl or cyclic N) is 1. The van der Waals surface area contributed by atoms with E-state index in [0.29, 0.717) is 18.9 Å². The molecule has 1 fully saturated rings. The Morgan fingerprint density at radius 2 is 2.22 bits per heavy atom. The molecule has 1 N–H and O–H groups in total. The molecular formula is C14H18FNO2. The van der Waals surface area contributed by atoms with Gasteiger partial charge in [0.25, 0.3) is 0 Å². The van der Waals surface area contributed by atoms with Gasteiger partial charge in [-0.1, -0.05) is 31.5 Å². The average Bonchev–Trinajstić information content (AvgIpc) is 2.70. The number of hydrogen-bond acceptors (Lipinski definition) is 2. The smallest absolute Gasteiger partial charge is 0.223 e. The predicted octanol–water partition coefficient (Wildman–Crippen LogP) is 2.12. The molecule has 0 spiro atoms. The molecule has 0 radical (unpaired) electrons. The van der Waals surface area contributed by atoms with Gasteiger partial charge in [-0.15, -0.1) is 0 Å². The van der Waals surface area contributed by atoms with E-state index in [1.165, 1.54) is 6.07 Å². The minimum atomic E-state index is -0.953. The van der Waals surface area contributed by atoms with Gasteiger partial charge < -0.3 is 10.0 Å². The number of likely N-dealkylation sites (tertiary alicyclic amines) is 1. The van der Waals surface area contributed by atoms with Crippen LogP contribution in [0.4, 0.5) is 4.39 Å². The van der Waals surface area contributed by atoms with Crippen molar-refractivity contribution in [3.05, 3.63) is 35.6 Å². The maximum atomic E-state index is 13.5. The number of aliphatic hydroxyl groups is 1. The largest absolute Gasteiger partial charge is 0.386 e. The number of amides is 1. The molecule has 1 aliphatic rings. The quantitative estimate of drug-likeness (QED) is 0.890. The number of carbonyl (C=O) groups is 1. The van der Waals surface area contributed by atoms with Crippen molar-refractivity contribution in [2.24, 2.45) is 5.92 Å². The zero-order valence-electron chi connectivity index (χ0n) is 10.5. The molecule has 1 amide bonds. The monoisotopic (exact) mass is 251 g/mol. The molecule has 0 saturated carbocycles. The molecule has 18 heavy (non-hydrogen) atoms. The van der Waals surface area contributed by atoms with Gasteiger partial charge >= 0.3 is 0 Å². The number of hydrogen-bond donors (Lipinski definition) is 1. The first-order valence-electron chi connectivity index (χ1n) is 6.32. The summed E-state index contributed by atoms with van der Waals surface area (Å²) in [6.07, 6.45) is 0.546. The summed E-state index contributed by atoms with van der Waals surface area (Å²) in [5, 5.41) is 10.0. The minimum Gasteiger partial charge on any atom is -0.386 e. The van der Waals surface area contributed by atoms with Crippen molar-refractivity contribution >= 4 is 5.91 Å². The molecule has 1 heterocycles. The summed E-state index contributed by atoms with van der Waals surface area (Å²) < 4.78 is 13.5. The van der Waals surface area contributed by atoms with Crippen LogP contribution in [-0.2, 0) is 4.79 Å². The molecule has 1 saturated heterocycles. The fourth-order valence-corrected chi connectivity index (χ4v) is 2.36. The lowest BCUT2D eigenvalue weighted by Gasteiger charge is -2.21. The van der Waals surface area contributed by atoms with Crippen LogP contribution in [0.3, 0.4) is 0 Å². The number of halogens is 1. The maximum Gasteiger partial charge on any atom is 0.223 e. The van der Waals surface area contributed by atoms with Crippen LogP contribution in [0.25, 0.3) is 0 Å². The van der Waals surface area contributed by atoms with Gasteiger partial charge in [0, 0.05) is 18.5 Å². The third kappa shape index (κ3) is 2.70. The lowest BCUT2D eigenvalue weighted by molar-refractivity contribution is -0.129. The molecule has 3 nitrogen and oxygen atoms in total. The fourth-order valence-electron chi connectivity index (χ4n) is 2.36. The summed E-state index contributed by atoms with van der Waals surface area (Å²) in [4.78, 5) is 13.3. The van der Waals surface area contributed by atoms with E-state index >= 15 is 0 Å².